The number of para-hydroxylation sites is 1. The third-order valence-electron chi connectivity index (χ3n) is 4.26. The number of nitrogens with one attached hydrogen (secondary N) is 3. The predicted molar refractivity (Wildman–Crippen MR) is 106 cm³/mol. The normalized spacial score (nSPS) is 16.1. The van der Waals surface area contributed by atoms with Crippen LogP contribution in [0.25, 0.3) is 0 Å². The largest absolute Gasteiger partial charge is 0.329 e. The minimum absolute atomic E-state index is 0.0492. The van der Waals surface area contributed by atoms with E-state index >= 15 is 0 Å². The molecule has 140 valence electrons. The lowest BCUT2D eigenvalue weighted by molar-refractivity contribution is -0.126. The molecule has 0 aromatic heterocycles. The summed E-state index contributed by atoms with van der Waals surface area (Å²) in [5.74, 6) is -1.41. The third-order valence-corrected chi connectivity index (χ3v) is 4.47. The fourth-order valence-corrected chi connectivity index (χ4v) is 2.96. The molecule has 0 bridgehead atoms. The Balaban J connectivity index is 1.53. The molecule has 2 aromatic rings. The fraction of sp³-hybridized carbons (Fsp3) is 0.211. The minimum Gasteiger partial charge on any atom is -0.329 e. The molecule has 1 heterocycles. The molecular weight excluding hydrogens is 367 g/mol. The van der Waals surface area contributed by atoms with E-state index in [-0.39, 0.29) is 29.0 Å². The zero-order chi connectivity index (χ0) is 19.4. The number of aryl methyl sites for hydroxylation is 1. The van der Waals surface area contributed by atoms with Crippen LogP contribution in [-0.2, 0) is 9.59 Å². The Morgan fingerprint density at radius 2 is 1.85 bits per heavy atom. The van der Waals surface area contributed by atoms with Crippen LogP contribution >= 0.6 is 12.2 Å². The van der Waals surface area contributed by atoms with Crippen molar-refractivity contribution in [3.05, 3.63) is 59.9 Å². The molecule has 0 unspecified atom stereocenters. The average molecular weight is 386 g/mol. The van der Waals surface area contributed by atoms with Gasteiger partial charge in [-0.05, 0) is 43.4 Å². The van der Waals surface area contributed by atoms with Crippen molar-refractivity contribution >= 4 is 40.5 Å². The monoisotopic (exact) mass is 386 g/mol. The van der Waals surface area contributed by atoms with Crippen LogP contribution in [0.2, 0.25) is 0 Å². The number of hydrogen-bond donors (Lipinski definition) is 3. The first-order valence-corrected chi connectivity index (χ1v) is 8.83. The van der Waals surface area contributed by atoms with E-state index in [1.807, 2.05) is 31.2 Å². The van der Waals surface area contributed by atoms with Crippen LogP contribution in [0.3, 0.4) is 0 Å². The number of rotatable bonds is 3. The van der Waals surface area contributed by atoms with Crippen molar-refractivity contribution in [3.63, 3.8) is 0 Å². The number of carbonyl (C=O) groups is 2. The van der Waals surface area contributed by atoms with E-state index in [1.54, 1.807) is 17.0 Å². The first-order chi connectivity index (χ1) is 12.9. The van der Waals surface area contributed by atoms with Gasteiger partial charge < -0.3 is 10.2 Å². The lowest BCUT2D eigenvalue weighted by Crippen LogP contribution is -2.46. The highest BCUT2D eigenvalue weighted by atomic mass is 32.1. The SMILES string of the molecule is Cc1ccc(N2C[C@H](C(=O)NNC(=S)Nc3ccccc3F)CC2=O)cc1. The Hall–Kier alpha value is -3.00. The smallest absolute Gasteiger partial charge is 0.243 e. The van der Waals surface area contributed by atoms with Gasteiger partial charge in [0.05, 0.1) is 11.6 Å². The molecular formula is C19H19FN4O2S. The quantitative estimate of drug-likeness (QED) is 0.558. The predicted octanol–water partition coefficient (Wildman–Crippen LogP) is 2.50. The molecule has 1 aliphatic rings. The molecule has 1 aliphatic heterocycles. The van der Waals surface area contributed by atoms with E-state index in [0.717, 1.165) is 11.3 Å². The van der Waals surface area contributed by atoms with Crippen molar-refractivity contribution in [3.8, 4) is 0 Å². The molecule has 1 saturated heterocycles. The number of benzene rings is 2. The standard InChI is InChI=1S/C19H19FN4O2S/c1-12-6-8-14(9-7-12)24-11-13(10-17(24)25)18(26)22-23-19(27)21-16-5-3-2-4-15(16)20/h2-9,13H,10-11H2,1H3,(H,22,26)(H2,21,23,27)/t13-/m1/s1. The summed E-state index contributed by atoms with van der Waals surface area (Å²) in [6.45, 7) is 2.26. The summed E-state index contributed by atoms with van der Waals surface area (Å²) in [5.41, 5.74) is 7.07. The van der Waals surface area contributed by atoms with E-state index in [1.165, 1.54) is 12.1 Å². The number of hydrazine groups is 1. The van der Waals surface area contributed by atoms with Gasteiger partial charge in [-0.2, -0.15) is 0 Å². The van der Waals surface area contributed by atoms with Gasteiger partial charge in [-0.15, -0.1) is 0 Å². The van der Waals surface area contributed by atoms with Gasteiger partial charge in [0.1, 0.15) is 5.82 Å². The van der Waals surface area contributed by atoms with Crippen LogP contribution in [-0.4, -0.2) is 23.5 Å². The Labute approximate surface area is 161 Å². The van der Waals surface area contributed by atoms with Crippen LogP contribution in [0.1, 0.15) is 12.0 Å². The number of thiocarbonyl (C=S) groups is 1. The van der Waals surface area contributed by atoms with Crippen LogP contribution in [0.4, 0.5) is 15.8 Å². The van der Waals surface area contributed by atoms with E-state index in [4.69, 9.17) is 12.2 Å². The van der Waals surface area contributed by atoms with Crippen molar-refractivity contribution < 1.29 is 14.0 Å². The van der Waals surface area contributed by atoms with E-state index < -0.39 is 11.7 Å². The Kier molecular flexibility index (Phi) is 5.66. The molecule has 1 atom stereocenters. The third kappa shape index (κ3) is 4.59. The number of halogens is 1. The molecule has 0 saturated carbocycles. The number of nitrogens with zero attached hydrogens (tertiary/aromatic N) is 1. The highest BCUT2D eigenvalue weighted by Gasteiger charge is 2.35. The molecule has 1 fully saturated rings. The molecule has 0 radical (unpaired) electrons. The van der Waals surface area contributed by atoms with Gasteiger partial charge >= 0.3 is 0 Å². The summed E-state index contributed by atoms with van der Waals surface area (Å²) in [6, 6.07) is 13.6. The molecule has 3 rings (SSSR count). The maximum Gasteiger partial charge on any atom is 0.243 e. The molecule has 2 amide bonds. The van der Waals surface area contributed by atoms with Crippen molar-refractivity contribution in [2.75, 3.05) is 16.8 Å². The molecule has 2 aromatic carbocycles. The highest BCUT2D eigenvalue weighted by molar-refractivity contribution is 7.80. The lowest BCUT2D eigenvalue weighted by atomic mass is 10.1. The maximum atomic E-state index is 13.6. The van der Waals surface area contributed by atoms with Gasteiger partial charge in [0, 0.05) is 18.7 Å². The van der Waals surface area contributed by atoms with Crippen molar-refractivity contribution in [2.24, 2.45) is 5.92 Å². The molecule has 8 heteroatoms. The van der Waals surface area contributed by atoms with E-state index in [2.05, 4.69) is 16.2 Å². The van der Waals surface area contributed by atoms with Gasteiger partial charge in [0.15, 0.2) is 5.11 Å². The van der Waals surface area contributed by atoms with Crippen LogP contribution in [0, 0.1) is 18.7 Å². The topological polar surface area (TPSA) is 73.5 Å². The van der Waals surface area contributed by atoms with Crippen LogP contribution in [0.5, 0.6) is 0 Å². The minimum atomic E-state index is -0.498. The summed E-state index contributed by atoms with van der Waals surface area (Å²) in [6.07, 6.45) is 0.120. The second kappa shape index (κ2) is 8.13. The van der Waals surface area contributed by atoms with Gasteiger partial charge in [0.25, 0.3) is 0 Å². The van der Waals surface area contributed by atoms with Gasteiger partial charge in [-0.3, -0.25) is 20.4 Å². The summed E-state index contributed by atoms with van der Waals surface area (Å²) in [4.78, 5) is 26.2. The first-order valence-electron chi connectivity index (χ1n) is 8.42. The second-order valence-corrected chi connectivity index (χ2v) is 6.70. The first kappa shape index (κ1) is 18.8. The molecule has 0 spiro atoms. The Morgan fingerprint density at radius 3 is 2.56 bits per heavy atom. The van der Waals surface area contributed by atoms with Gasteiger partial charge in [0.2, 0.25) is 11.8 Å². The summed E-state index contributed by atoms with van der Waals surface area (Å²) < 4.78 is 13.6. The Morgan fingerprint density at radius 1 is 1.15 bits per heavy atom. The van der Waals surface area contributed by atoms with E-state index in [9.17, 15) is 14.0 Å². The van der Waals surface area contributed by atoms with Crippen molar-refractivity contribution in [2.45, 2.75) is 13.3 Å². The maximum absolute atomic E-state index is 13.6. The molecule has 0 aliphatic carbocycles. The number of amides is 2. The van der Waals surface area contributed by atoms with Crippen molar-refractivity contribution in [1.29, 1.82) is 0 Å². The Bertz CT molecular complexity index is 872. The lowest BCUT2D eigenvalue weighted by Gasteiger charge is -2.17. The summed E-state index contributed by atoms with van der Waals surface area (Å²) in [7, 11) is 0. The molecule has 6 nitrogen and oxygen atoms in total. The molecule has 27 heavy (non-hydrogen) atoms. The summed E-state index contributed by atoms with van der Waals surface area (Å²) >= 11 is 5.04. The molecule has 3 N–H and O–H groups in total. The number of anilines is 2. The second-order valence-electron chi connectivity index (χ2n) is 6.29. The van der Waals surface area contributed by atoms with Crippen molar-refractivity contribution in [1.82, 2.24) is 10.9 Å². The number of hydrogen-bond acceptors (Lipinski definition) is 3. The zero-order valence-electron chi connectivity index (χ0n) is 14.7. The zero-order valence-corrected chi connectivity index (χ0v) is 15.5. The van der Waals surface area contributed by atoms with Crippen LogP contribution < -0.4 is 21.1 Å². The van der Waals surface area contributed by atoms with Gasteiger partial charge in [-0.25, -0.2) is 4.39 Å². The van der Waals surface area contributed by atoms with Gasteiger partial charge in [-0.1, -0.05) is 29.8 Å². The fourth-order valence-electron chi connectivity index (χ4n) is 2.79. The summed E-state index contributed by atoms with van der Waals surface area (Å²) in [5, 5.41) is 2.71. The van der Waals surface area contributed by atoms with E-state index in [0.29, 0.717) is 6.54 Å². The number of carbonyl (C=O) groups excluding carboxylic acids is 2. The average Bonchev–Trinajstić information content (AvgIpc) is 3.04. The highest BCUT2D eigenvalue weighted by Crippen LogP contribution is 2.25. The van der Waals surface area contributed by atoms with Crippen LogP contribution in [0.15, 0.2) is 48.5 Å².